The van der Waals surface area contributed by atoms with Crippen molar-refractivity contribution in [3.05, 3.63) is 52.3 Å². The number of carboxylic acid groups (broad SMARTS) is 1. The van der Waals surface area contributed by atoms with Crippen molar-refractivity contribution < 1.29 is 23.9 Å². The van der Waals surface area contributed by atoms with Gasteiger partial charge in [-0.1, -0.05) is 18.6 Å². The second kappa shape index (κ2) is 9.51. The number of fused-ring (bicyclic) bond motifs is 1. The zero-order chi connectivity index (χ0) is 21.8. The molecule has 2 aromatic rings. The smallest absolute Gasteiger partial charge is 0.307 e. The number of carbonyl (C=O) groups is 3. The molecule has 2 aliphatic carbocycles. The normalized spacial score (nSPS) is 20.5. The Balaban J connectivity index is 1.59. The number of furan rings is 1. The number of aliphatic carboxylic acids is 1. The fourth-order valence-electron chi connectivity index (χ4n) is 4.32. The van der Waals surface area contributed by atoms with E-state index < -0.39 is 17.8 Å². The highest BCUT2D eigenvalue weighted by atomic mass is 32.1. The van der Waals surface area contributed by atoms with Crippen LogP contribution < -0.4 is 10.6 Å². The molecule has 0 unspecified atom stereocenters. The van der Waals surface area contributed by atoms with Crippen molar-refractivity contribution in [1.29, 1.82) is 0 Å². The van der Waals surface area contributed by atoms with E-state index in [4.69, 9.17) is 4.42 Å². The summed E-state index contributed by atoms with van der Waals surface area (Å²) < 4.78 is 5.30. The number of hydrogen-bond acceptors (Lipinski definition) is 5. The molecule has 0 aromatic carbocycles. The Labute approximate surface area is 184 Å². The van der Waals surface area contributed by atoms with Crippen LogP contribution in [0.3, 0.4) is 0 Å². The largest absolute Gasteiger partial charge is 0.481 e. The molecule has 31 heavy (non-hydrogen) atoms. The van der Waals surface area contributed by atoms with E-state index in [9.17, 15) is 19.5 Å². The van der Waals surface area contributed by atoms with E-state index in [1.165, 1.54) is 11.3 Å². The zero-order valence-corrected chi connectivity index (χ0v) is 18.0. The molecular weight excluding hydrogens is 416 g/mol. The van der Waals surface area contributed by atoms with Gasteiger partial charge in [-0.3, -0.25) is 14.4 Å². The molecule has 0 saturated carbocycles. The van der Waals surface area contributed by atoms with Crippen LogP contribution in [0, 0.1) is 11.8 Å². The van der Waals surface area contributed by atoms with Crippen molar-refractivity contribution in [2.75, 3.05) is 5.32 Å². The van der Waals surface area contributed by atoms with E-state index in [0.717, 1.165) is 42.5 Å². The molecular formula is C23H26N2O5S. The summed E-state index contributed by atoms with van der Waals surface area (Å²) in [7, 11) is 0. The Morgan fingerprint density at radius 3 is 2.61 bits per heavy atom. The van der Waals surface area contributed by atoms with Crippen molar-refractivity contribution in [3.63, 3.8) is 0 Å². The van der Waals surface area contributed by atoms with Crippen LogP contribution in [0.1, 0.15) is 58.7 Å². The molecule has 0 aliphatic heterocycles. The molecule has 0 bridgehead atoms. The van der Waals surface area contributed by atoms with Crippen LogP contribution in [-0.4, -0.2) is 22.9 Å². The Morgan fingerprint density at radius 2 is 1.87 bits per heavy atom. The average molecular weight is 443 g/mol. The fraction of sp³-hybridized carbons (Fsp3) is 0.435. The summed E-state index contributed by atoms with van der Waals surface area (Å²) >= 11 is 1.45. The predicted molar refractivity (Wildman–Crippen MR) is 117 cm³/mol. The Hall–Kier alpha value is -2.87. The van der Waals surface area contributed by atoms with Crippen LogP contribution in [0.4, 0.5) is 5.00 Å². The second-order valence-corrected chi connectivity index (χ2v) is 9.12. The zero-order valence-electron chi connectivity index (χ0n) is 17.2. The summed E-state index contributed by atoms with van der Waals surface area (Å²) in [6, 6.07) is 3.56. The third-order valence-electron chi connectivity index (χ3n) is 5.97. The van der Waals surface area contributed by atoms with Gasteiger partial charge in [0.2, 0.25) is 5.91 Å². The maximum Gasteiger partial charge on any atom is 0.307 e. The second-order valence-electron chi connectivity index (χ2n) is 8.01. The van der Waals surface area contributed by atoms with Gasteiger partial charge in [0, 0.05) is 4.88 Å². The van der Waals surface area contributed by atoms with Gasteiger partial charge in [-0.05, 0) is 56.2 Å². The average Bonchev–Trinajstić information content (AvgIpc) is 3.34. The third-order valence-corrected chi connectivity index (χ3v) is 7.18. The number of amides is 2. The fourth-order valence-corrected chi connectivity index (χ4v) is 5.61. The van der Waals surface area contributed by atoms with Crippen molar-refractivity contribution in [2.24, 2.45) is 11.8 Å². The Kier molecular flexibility index (Phi) is 6.56. The van der Waals surface area contributed by atoms with Gasteiger partial charge in [0.1, 0.15) is 10.8 Å². The maximum atomic E-state index is 13.1. The first-order valence-corrected chi connectivity index (χ1v) is 11.5. The quantitative estimate of drug-likeness (QED) is 0.460. The molecule has 2 heterocycles. The van der Waals surface area contributed by atoms with Gasteiger partial charge in [-0.15, -0.1) is 11.3 Å². The summed E-state index contributed by atoms with van der Waals surface area (Å²) in [5.74, 6) is -2.30. The van der Waals surface area contributed by atoms with Gasteiger partial charge in [0.15, 0.2) is 0 Å². The summed E-state index contributed by atoms with van der Waals surface area (Å²) in [5, 5.41) is 15.8. The summed E-state index contributed by atoms with van der Waals surface area (Å²) in [6.07, 6.45) is 10.8. The lowest BCUT2D eigenvalue weighted by Crippen LogP contribution is -2.35. The van der Waals surface area contributed by atoms with E-state index in [-0.39, 0.29) is 18.4 Å². The Bertz CT molecular complexity index is 992. The molecule has 0 fully saturated rings. The van der Waals surface area contributed by atoms with E-state index in [0.29, 0.717) is 29.2 Å². The van der Waals surface area contributed by atoms with Crippen molar-refractivity contribution in [2.45, 2.75) is 51.5 Å². The molecule has 3 N–H and O–H groups in total. The standard InChI is InChI=1S/C23H26N2O5S/c26-20(15-8-4-5-9-16(15)23(28)29)25-22-19(17-10-2-1-3-11-18(17)31-22)21(27)24-13-14-7-6-12-30-14/h4-7,12,15-16H,1-3,8-11,13H2,(H,24,27)(H,25,26)(H,28,29)/t15-,16-/m0/s1. The van der Waals surface area contributed by atoms with E-state index in [1.54, 1.807) is 18.4 Å². The molecule has 2 atom stereocenters. The highest BCUT2D eigenvalue weighted by molar-refractivity contribution is 7.17. The minimum Gasteiger partial charge on any atom is -0.481 e. The van der Waals surface area contributed by atoms with Gasteiger partial charge in [-0.25, -0.2) is 0 Å². The van der Waals surface area contributed by atoms with Crippen LogP contribution in [-0.2, 0) is 29.0 Å². The van der Waals surface area contributed by atoms with Gasteiger partial charge < -0.3 is 20.2 Å². The summed E-state index contributed by atoms with van der Waals surface area (Å²) in [6.45, 7) is 0.262. The molecule has 2 amide bonds. The number of anilines is 1. The number of nitrogens with one attached hydrogen (secondary N) is 2. The van der Waals surface area contributed by atoms with Crippen LogP contribution >= 0.6 is 11.3 Å². The van der Waals surface area contributed by atoms with E-state index >= 15 is 0 Å². The highest BCUT2D eigenvalue weighted by Gasteiger charge is 2.35. The van der Waals surface area contributed by atoms with Crippen LogP contribution in [0.25, 0.3) is 0 Å². The first-order valence-electron chi connectivity index (χ1n) is 10.7. The molecule has 0 spiro atoms. The molecule has 0 radical (unpaired) electrons. The lowest BCUT2D eigenvalue weighted by Gasteiger charge is -2.24. The number of carbonyl (C=O) groups excluding carboxylic acids is 2. The molecule has 164 valence electrons. The topological polar surface area (TPSA) is 109 Å². The third kappa shape index (κ3) is 4.74. The van der Waals surface area contributed by atoms with E-state index in [1.807, 2.05) is 12.2 Å². The predicted octanol–water partition coefficient (Wildman–Crippen LogP) is 4.15. The minimum absolute atomic E-state index is 0.246. The van der Waals surface area contributed by atoms with Crippen molar-refractivity contribution >= 4 is 34.1 Å². The van der Waals surface area contributed by atoms with Gasteiger partial charge in [0.05, 0.1) is 30.2 Å². The Morgan fingerprint density at radius 1 is 1.10 bits per heavy atom. The molecule has 7 nitrogen and oxygen atoms in total. The number of carboxylic acids is 1. The molecule has 4 rings (SSSR count). The number of hydrogen-bond donors (Lipinski definition) is 3. The monoisotopic (exact) mass is 442 g/mol. The van der Waals surface area contributed by atoms with Gasteiger partial charge in [-0.2, -0.15) is 0 Å². The van der Waals surface area contributed by atoms with E-state index in [2.05, 4.69) is 10.6 Å². The molecule has 8 heteroatoms. The lowest BCUT2D eigenvalue weighted by molar-refractivity contribution is -0.146. The van der Waals surface area contributed by atoms with Crippen molar-refractivity contribution in [3.8, 4) is 0 Å². The number of aryl methyl sites for hydroxylation is 1. The number of rotatable bonds is 6. The van der Waals surface area contributed by atoms with Crippen molar-refractivity contribution in [1.82, 2.24) is 5.32 Å². The SMILES string of the molecule is O=C(NCc1ccco1)c1c(NC(=O)[C@H]2CC=CC[C@@H]2C(=O)O)sc2c1CCCCC2. The first kappa shape index (κ1) is 21.4. The lowest BCUT2D eigenvalue weighted by atomic mass is 9.82. The maximum absolute atomic E-state index is 13.1. The van der Waals surface area contributed by atoms with Crippen LogP contribution in [0.2, 0.25) is 0 Å². The number of allylic oxidation sites excluding steroid dienone is 2. The van der Waals surface area contributed by atoms with Gasteiger partial charge in [0.25, 0.3) is 5.91 Å². The van der Waals surface area contributed by atoms with Crippen LogP contribution in [0.5, 0.6) is 0 Å². The molecule has 2 aliphatic rings. The summed E-state index contributed by atoms with van der Waals surface area (Å²) in [4.78, 5) is 38.9. The first-order chi connectivity index (χ1) is 15.0. The molecule has 2 aromatic heterocycles. The highest BCUT2D eigenvalue weighted by Crippen LogP contribution is 2.38. The van der Waals surface area contributed by atoms with Gasteiger partial charge >= 0.3 is 5.97 Å². The number of thiophene rings is 1. The summed E-state index contributed by atoms with van der Waals surface area (Å²) in [5.41, 5.74) is 1.52. The molecule has 0 saturated heterocycles. The van der Waals surface area contributed by atoms with Crippen LogP contribution in [0.15, 0.2) is 35.0 Å². The minimum atomic E-state index is -0.970.